The number of hydrogen-bond donors (Lipinski definition) is 2. The van der Waals surface area contributed by atoms with Gasteiger partial charge < -0.3 is 10.2 Å². The van der Waals surface area contributed by atoms with Crippen molar-refractivity contribution in [2.45, 2.75) is 37.9 Å². The number of amides is 4. The Bertz CT molecular complexity index is 1120. The van der Waals surface area contributed by atoms with E-state index in [1.165, 1.54) is 12.1 Å². The van der Waals surface area contributed by atoms with Crippen LogP contribution in [0.25, 0.3) is 0 Å². The molecule has 2 aromatic rings. The minimum absolute atomic E-state index is 0.0483. The first-order valence-corrected chi connectivity index (χ1v) is 10.2. The molecule has 7 nitrogen and oxygen atoms in total. The molecule has 10 heteroatoms. The highest BCUT2D eigenvalue weighted by molar-refractivity contribution is 6.30. The Morgan fingerprint density at radius 3 is 2.56 bits per heavy atom. The predicted molar refractivity (Wildman–Crippen MR) is 110 cm³/mol. The SMILES string of the molecule is O=C1CCC(N2Cc3cccc(C(F)(F)C(=O)NCc4ccc(Cl)cc4)c3C2=O)C(=O)N1. The Balaban J connectivity index is 1.55. The molecule has 0 radical (unpaired) electrons. The van der Waals surface area contributed by atoms with E-state index in [-0.39, 0.29) is 31.5 Å². The fourth-order valence-corrected chi connectivity index (χ4v) is 4.02. The molecule has 2 aliphatic heterocycles. The van der Waals surface area contributed by atoms with Crippen molar-refractivity contribution in [2.75, 3.05) is 0 Å². The number of carbonyl (C=O) groups excluding carboxylic acids is 4. The zero-order valence-electron chi connectivity index (χ0n) is 16.7. The standard InChI is InChI=1S/C22H18ClF2N3O4/c23-14-6-4-12(5-7-14)10-26-21(32)22(24,25)15-3-1-2-13-11-28(20(31)18(13)15)16-8-9-17(29)27-19(16)30/h1-7,16H,8-11H2,(H,26,32)(H,27,29,30). The van der Waals surface area contributed by atoms with Gasteiger partial charge in [-0.2, -0.15) is 8.78 Å². The minimum Gasteiger partial charge on any atom is -0.346 e. The van der Waals surface area contributed by atoms with Crippen LogP contribution in [0.15, 0.2) is 42.5 Å². The summed E-state index contributed by atoms with van der Waals surface area (Å²) in [6.07, 6.45) is 0.157. The van der Waals surface area contributed by atoms with E-state index in [0.29, 0.717) is 16.1 Å². The summed E-state index contributed by atoms with van der Waals surface area (Å²) in [5.41, 5.74) is -0.133. The number of nitrogens with zero attached hydrogens (tertiary/aromatic N) is 1. The third-order valence-corrected chi connectivity index (χ3v) is 5.79. The van der Waals surface area contributed by atoms with Gasteiger partial charge in [0.25, 0.3) is 11.8 Å². The largest absolute Gasteiger partial charge is 0.350 e. The molecule has 0 bridgehead atoms. The molecule has 4 rings (SSSR count). The van der Waals surface area contributed by atoms with Gasteiger partial charge in [-0.05, 0) is 29.7 Å². The summed E-state index contributed by atoms with van der Waals surface area (Å²) in [7, 11) is 0. The molecule has 0 spiro atoms. The van der Waals surface area contributed by atoms with Gasteiger partial charge in [-0.25, -0.2) is 0 Å². The molecule has 2 heterocycles. The molecule has 0 saturated carbocycles. The summed E-state index contributed by atoms with van der Waals surface area (Å²) in [6, 6.07) is 9.30. The molecule has 0 aromatic heterocycles. The van der Waals surface area contributed by atoms with E-state index in [4.69, 9.17) is 11.6 Å². The summed E-state index contributed by atoms with van der Waals surface area (Å²) >= 11 is 5.79. The Kier molecular flexibility index (Phi) is 5.68. The highest BCUT2D eigenvalue weighted by Crippen LogP contribution is 2.37. The molecule has 32 heavy (non-hydrogen) atoms. The number of halogens is 3. The lowest BCUT2D eigenvalue weighted by molar-refractivity contribution is -0.147. The van der Waals surface area contributed by atoms with E-state index < -0.39 is 41.2 Å². The number of imide groups is 1. The lowest BCUT2D eigenvalue weighted by Gasteiger charge is -2.29. The van der Waals surface area contributed by atoms with E-state index in [1.54, 1.807) is 24.3 Å². The lowest BCUT2D eigenvalue weighted by atomic mass is 9.97. The maximum absolute atomic E-state index is 15.1. The van der Waals surface area contributed by atoms with Crippen molar-refractivity contribution in [2.24, 2.45) is 0 Å². The number of nitrogens with one attached hydrogen (secondary N) is 2. The summed E-state index contributed by atoms with van der Waals surface area (Å²) in [5, 5.41) is 4.83. The Labute approximate surface area is 186 Å². The summed E-state index contributed by atoms with van der Waals surface area (Å²) < 4.78 is 30.2. The van der Waals surface area contributed by atoms with Crippen molar-refractivity contribution in [3.05, 3.63) is 69.7 Å². The second-order valence-corrected chi connectivity index (χ2v) is 8.06. The quantitative estimate of drug-likeness (QED) is 0.669. The third-order valence-electron chi connectivity index (χ3n) is 5.54. The molecule has 2 aliphatic rings. The average Bonchev–Trinajstić information content (AvgIpc) is 3.09. The second-order valence-electron chi connectivity index (χ2n) is 7.62. The number of rotatable bonds is 5. The predicted octanol–water partition coefficient (Wildman–Crippen LogP) is 2.51. The van der Waals surface area contributed by atoms with Gasteiger partial charge in [0.1, 0.15) is 6.04 Å². The van der Waals surface area contributed by atoms with Gasteiger partial charge in [0, 0.05) is 30.1 Å². The van der Waals surface area contributed by atoms with Crippen LogP contribution in [0.4, 0.5) is 8.78 Å². The molecular weight excluding hydrogens is 444 g/mol. The van der Waals surface area contributed by atoms with Crippen molar-refractivity contribution in [3.8, 4) is 0 Å². The van der Waals surface area contributed by atoms with Crippen molar-refractivity contribution < 1.29 is 28.0 Å². The van der Waals surface area contributed by atoms with Gasteiger partial charge in [-0.3, -0.25) is 24.5 Å². The van der Waals surface area contributed by atoms with E-state index in [2.05, 4.69) is 10.6 Å². The number of fused-ring (bicyclic) bond motifs is 1. The fraction of sp³-hybridized carbons (Fsp3) is 0.273. The molecule has 1 atom stereocenters. The first-order chi connectivity index (χ1) is 15.2. The highest BCUT2D eigenvalue weighted by atomic mass is 35.5. The van der Waals surface area contributed by atoms with Crippen LogP contribution in [0.2, 0.25) is 5.02 Å². The molecule has 166 valence electrons. The number of alkyl halides is 2. The lowest BCUT2D eigenvalue weighted by Crippen LogP contribution is -2.52. The van der Waals surface area contributed by atoms with E-state index in [1.807, 2.05) is 0 Å². The van der Waals surface area contributed by atoms with Crippen molar-refractivity contribution in [1.82, 2.24) is 15.5 Å². The highest BCUT2D eigenvalue weighted by Gasteiger charge is 2.48. The summed E-state index contributed by atoms with van der Waals surface area (Å²) in [5.74, 6) is -7.38. The molecule has 0 aliphatic carbocycles. The minimum atomic E-state index is -3.98. The first-order valence-electron chi connectivity index (χ1n) is 9.86. The van der Waals surface area contributed by atoms with E-state index in [9.17, 15) is 19.2 Å². The number of piperidine rings is 1. The Morgan fingerprint density at radius 1 is 1.16 bits per heavy atom. The molecule has 1 saturated heterocycles. The van der Waals surface area contributed by atoms with Crippen molar-refractivity contribution >= 4 is 35.2 Å². The van der Waals surface area contributed by atoms with Gasteiger partial charge >= 0.3 is 5.92 Å². The van der Waals surface area contributed by atoms with Crippen LogP contribution in [0.3, 0.4) is 0 Å². The van der Waals surface area contributed by atoms with Gasteiger partial charge in [-0.1, -0.05) is 41.9 Å². The van der Waals surface area contributed by atoms with Crippen LogP contribution in [0, 0.1) is 0 Å². The van der Waals surface area contributed by atoms with Crippen LogP contribution < -0.4 is 10.6 Å². The van der Waals surface area contributed by atoms with E-state index >= 15 is 8.78 Å². The van der Waals surface area contributed by atoms with Gasteiger partial charge in [0.05, 0.1) is 5.56 Å². The van der Waals surface area contributed by atoms with Crippen LogP contribution >= 0.6 is 11.6 Å². The number of hydrogen-bond acceptors (Lipinski definition) is 4. The van der Waals surface area contributed by atoms with Crippen LogP contribution in [0.1, 0.15) is 39.9 Å². The second kappa shape index (κ2) is 8.31. The Morgan fingerprint density at radius 2 is 1.88 bits per heavy atom. The monoisotopic (exact) mass is 461 g/mol. The summed E-state index contributed by atoms with van der Waals surface area (Å²) in [6.45, 7) is -0.201. The summed E-state index contributed by atoms with van der Waals surface area (Å²) in [4.78, 5) is 50.1. The molecule has 1 fully saturated rings. The van der Waals surface area contributed by atoms with Crippen LogP contribution in [-0.4, -0.2) is 34.6 Å². The molecule has 4 amide bonds. The maximum atomic E-state index is 15.1. The normalized spacial score (nSPS) is 18.4. The smallest absolute Gasteiger partial charge is 0.346 e. The molecule has 1 unspecified atom stereocenters. The van der Waals surface area contributed by atoms with E-state index in [0.717, 1.165) is 11.0 Å². The third kappa shape index (κ3) is 3.95. The molecule has 2 aromatic carbocycles. The van der Waals surface area contributed by atoms with Crippen molar-refractivity contribution in [1.29, 1.82) is 0 Å². The van der Waals surface area contributed by atoms with Crippen molar-refractivity contribution in [3.63, 3.8) is 0 Å². The van der Waals surface area contributed by atoms with Crippen LogP contribution in [0.5, 0.6) is 0 Å². The van der Waals surface area contributed by atoms with Gasteiger partial charge in [0.15, 0.2) is 0 Å². The first kappa shape index (κ1) is 21.9. The zero-order chi connectivity index (χ0) is 23.0. The maximum Gasteiger partial charge on any atom is 0.350 e. The fourth-order valence-electron chi connectivity index (χ4n) is 3.89. The molecular formula is C22H18ClF2N3O4. The molecule has 2 N–H and O–H groups in total. The average molecular weight is 462 g/mol. The zero-order valence-corrected chi connectivity index (χ0v) is 17.4. The Hall–Kier alpha value is -3.33. The van der Waals surface area contributed by atoms with Crippen LogP contribution in [-0.2, 0) is 33.4 Å². The topological polar surface area (TPSA) is 95.6 Å². The van der Waals surface area contributed by atoms with Gasteiger partial charge in [-0.15, -0.1) is 0 Å². The number of carbonyl (C=O) groups is 4. The van der Waals surface area contributed by atoms with Gasteiger partial charge in [0.2, 0.25) is 11.8 Å². The number of benzene rings is 2.